The Labute approximate surface area is 146 Å². The minimum atomic E-state index is -0.105. The van der Waals surface area contributed by atoms with E-state index in [2.05, 4.69) is 6.08 Å². The van der Waals surface area contributed by atoms with Crippen LogP contribution in [0, 0.1) is 5.92 Å². The fraction of sp³-hybridized carbons (Fsp3) is 0.474. The van der Waals surface area contributed by atoms with E-state index in [-0.39, 0.29) is 12.1 Å². The quantitative estimate of drug-likeness (QED) is 0.774. The van der Waals surface area contributed by atoms with Gasteiger partial charge in [-0.1, -0.05) is 0 Å². The van der Waals surface area contributed by atoms with Crippen LogP contribution in [0.25, 0.3) is 0 Å². The van der Waals surface area contributed by atoms with E-state index < -0.39 is 0 Å². The molecular weight excluding hydrogens is 320 g/mol. The summed E-state index contributed by atoms with van der Waals surface area (Å²) in [6, 6.07) is -0.0248. The Balaban J connectivity index is 1.57. The molecule has 3 unspecified atom stereocenters. The average molecular weight is 340 g/mol. The third-order valence-corrected chi connectivity index (χ3v) is 5.51. The summed E-state index contributed by atoms with van der Waals surface area (Å²) in [6.07, 6.45) is 7.61. The first kappa shape index (κ1) is 15.0. The van der Waals surface area contributed by atoms with Gasteiger partial charge in [-0.3, -0.25) is 9.98 Å². The molecular formula is C19H20N2O4. The van der Waals surface area contributed by atoms with Gasteiger partial charge in [-0.25, -0.2) is 0 Å². The van der Waals surface area contributed by atoms with Crippen LogP contribution >= 0.6 is 0 Å². The second-order valence-electron chi connectivity index (χ2n) is 6.72. The number of methoxy groups -OCH3 is 2. The topological polar surface area (TPSA) is 61.6 Å². The first-order valence-corrected chi connectivity index (χ1v) is 8.57. The van der Waals surface area contributed by atoms with Gasteiger partial charge in [-0.2, -0.15) is 0 Å². The SMILES string of the molecule is COC1=C(OC)CC2CN=C3C4=CC5OCOC5=CC4N=CC3=C2C1. The van der Waals surface area contributed by atoms with Crippen molar-refractivity contribution in [1.82, 2.24) is 0 Å². The Morgan fingerprint density at radius 3 is 2.88 bits per heavy atom. The summed E-state index contributed by atoms with van der Waals surface area (Å²) in [5.41, 5.74) is 4.67. The molecule has 0 saturated carbocycles. The van der Waals surface area contributed by atoms with E-state index in [9.17, 15) is 0 Å². The predicted octanol–water partition coefficient (Wildman–Crippen LogP) is 2.30. The molecule has 5 aliphatic rings. The molecule has 3 heterocycles. The van der Waals surface area contributed by atoms with Crippen LogP contribution < -0.4 is 0 Å². The van der Waals surface area contributed by atoms with Crippen LogP contribution in [0.2, 0.25) is 0 Å². The number of aliphatic imine (C=N–C) groups is 2. The maximum Gasteiger partial charge on any atom is 0.189 e. The Hall–Kier alpha value is -2.34. The van der Waals surface area contributed by atoms with E-state index in [4.69, 9.17) is 28.9 Å². The molecule has 130 valence electrons. The van der Waals surface area contributed by atoms with Crippen LogP contribution in [0.3, 0.4) is 0 Å². The van der Waals surface area contributed by atoms with Gasteiger partial charge in [0, 0.05) is 42.7 Å². The molecule has 5 rings (SSSR count). The van der Waals surface area contributed by atoms with E-state index in [1.165, 1.54) is 5.57 Å². The van der Waals surface area contributed by atoms with Crippen LogP contribution in [0.5, 0.6) is 0 Å². The monoisotopic (exact) mass is 340 g/mol. The van der Waals surface area contributed by atoms with Crippen molar-refractivity contribution in [2.45, 2.75) is 25.0 Å². The zero-order chi connectivity index (χ0) is 17.0. The molecule has 25 heavy (non-hydrogen) atoms. The van der Waals surface area contributed by atoms with Crippen LogP contribution in [-0.2, 0) is 18.9 Å². The summed E-state index contributed by atoms with van der Waals surface area (Å²) in [5, 5.41) is 0. The standard InChI is InChI=1S/C19H20N2O4/c1-22-15-3-10-7-21-19-12-5-17-18(25-9-24-17)6-14(12)20-8-13(19)11(10)4-16(15)23-2/h5-6,8,10,14,17H,3-4,7,9H2,1-2H3. The van der Waals surface area contributed by atoms with E-state index in [1.54, 1.807) is 14.2 Å². The number of fused-ring (bicyclic) bond motifs is 5. The van der Waals surface area contributed by atoms with Crippen molar-refractivity contribution < 1.29 is 18.9 Å². The molecule has 0 aromatic carbocycles. The van der Waals surface area contributed by atoms with E-state index in [0.29, 0.717) is 12.7 Å². The summed E-state index contributed by atoms with van der Waals surface area (Å²) in [4.78, 5) is 9.65. The van der Waals surface area contributed by atoms with E-state index in [0.717, 1.165) is 53.5 Å². The molecule has 6 nitrogen and oxygen atoms in total. The minimum absolute atomic E-state index is 0.0248. The zero-order valence-electron chi connectivity index (χ0n) is 14.3. The summed E-state index contributed by atoms with van der Waals surface area (Å²) in [7, 11) is 3.41. The first-order chi connectivity index (χ1) is 12.3. The molecule has 0 bridgehead atoms. The summed E-state index contributed by atoms with van der Waals surface area (Å²) >= 11 is 0. The van der Waals surface area contributed by atoms with E-state index in [1.807, 2.05) is 12.3 Å². The summed E-state index contributed by atoms with van der Waals surface area (Å²) in [6.45, 7) is 1.08. The lowest BCUT2D eigenvalue weighted by Crippen LogP contribution is -2.34. The molecule has 0 aromatic rings. The van der Waals surface area contributed by atoms with Gasteiger partial charge in [0.25, 0.3) is 0 Å². The van der Waals surface area contributed by atoms with Crippen LogP contribution in [0.4, 0.5) is 0 Å². The number of allylic oxidation sites excluding steroid dienone is 3. The van der Waals surface area contributed by atoms with Crippen molar-refractivity contribution in [3.05, 3.63) is 46.1 Å². The fourth-order valence-electron chi connectivity index (χ4n) is 4.20. The molecule has 3 aliphatic heterocycles. The van der Waals surface area contributed by atoms with Crippen molar-refractivity contribution >= 4 is 11.9 Å². The number of hydrogen-bond donors (Lipinski definition) is 0. The van der Waals surface area contributed by atoms with Gasteiger partial charge in [0.05, 0.1) is 26.0 Å². The Kier molecular flexibility index (Phi) is 3.35. The van der Waals surface area contributed by atoms with Crippen LogP contribution in [0.15, 0.2) is 56.1 Å². The number of rotatable bonds is 2. The number of dihydropyridines is 1. The lowest BCUT2D eigenvalue weighted by molar-refractivity contribution is 0.0630. The lowest BCUT2D eigenvalue weighted by atomic mass is 9.77. The Morgan fingerprint density at radius 2 is 2.04 bits per heavy atom. The molecule has 6 heteroatoms. The second-order valence-corrected chi connectivity index (χ2v) is 6.72. The van der Waals surface area contributed by atoms with Crippen molar-refractivity contribution in [2.24, 2.45) is 15.9 Å². The van der Waals surface area contributed by atoms with Gasteiger partial charge < -0.3 is 18.9 Å². The number of nitrogens with zero attached hydrogens (tertiary/aromatic N) is 2. The minimum Gasteiger partial charge on any atom is -0.498 e. The first-order valence-electron chi connectivity index (χ1n) is 8.57. The second kappa shape index (κ2) is 5.59. The van der Waals surface area contributed by atoms with Gasteiger partial charge in [-0.15, -0.1) is 0 Å². The fourth-order valence-corrected chi connectivity index (χ4v) is 4.20. The highest BCUT2D eigenvalue weighted by Gasteiger charge is 2.38. The van der Waals surface area contributed by atoms with Crippen LogP contribution in [-0.4, -0.2) is 51.6 Å². The molecule has 2 aliphatic carbocycles. The normalized spacial score (nSPS) is 32.6. The van der Waals surface area contributed by atoms with Crippen molar-refractivity contribution in [2.75, 3.05) is 27.6 Å². The van der Waals surface area contributed by atoms with E-state index >= 15 is 0 Å². The molecule has 0 radical (unpaired) electrons. The van der Waals surface area contributed by atoms with Gasteiger partial charge in [0.15, 0.2) is 6.79 Å². The zero-order valence-corrected chi connectivity index (χ0v) is 14.3. The van der Waals surface area contributed by atoms with Gasteiger partial charge in [0.2, 0.25) is 0 Å². The van der Waals surface area contributed by atoms with Crippen molar-refractivity contribution in [1.29, 1.82) is 0 Å². The molecule has 0 spiro atoms. The largest absolute Gasteiger partial charge is 0.498 e. The maximum absolute atomic E-state index is 5.62. The van der Waals surface area contributed by atoms with Gasteiger partial charge >= 0.3 is 0 Å². The average Bonchev–Trinajstić information content (AvgIpc) is 3.11. The van der Waals surface area contributed by atoms with Crippen molar-refractivity contribution in [3.63, 3.8) is 0 Å². The lowest BCUT2D eigenvalue weighted by Gasteiger charge is -2.35. The summed E-state index contributed by atoms with van der Waals surface area (Å²) < 4.78 is 22.2. The third kappa shape index (κ3) is 2.20. The Morgan fingerprint density at radius 1 is 1.16 bits per heavy atom. The molecule has 0 amide bonds. The number of ether oxygens (including phenoxy) is 4. The Bertz CT molecular complexity index is 815. The molecule has 0 N–H and O–H groups in total. The summed E-state index contributed by atoms with van der Waals surface area (Å²) in [5.74, 6) is 3.06. The molecule has 0 aromatic heterocycles. The van der Waals surface area contributed by atoms with Crippen LogP contribution in [0.1, 0.15) is 12.8 Å². The highest BCUT2D eigenvalue weighted by Crippen LogP contribution is 2.41. The molecule has 1 fully saturated rings. The molecule has 1 saturated heterocycles. The highest BCUT2D eigenvalue weighted by molar-refractivity contribution is 6.27. The molecule has 3 atom stereocenters. The smallest absolute Gasteiger partial charge is 0.189 e. The maximum atomic E-state index is 5.62. The number of hydrogen-bond acceptors (Lipinski definition) is 6. The highest BCUT2D eigenvalue weighted by atomic mass is 16.7. The predicted molar refractivity (Wildman–Crippen MR) is 92.4 cm³/mol. The van der Waals surface area contributed by atoms with Gasteiger partial charge in [0.1, 0.15) is 23.4 Å². The third-order valence-electron chi connectivity index (χ3n) is 5.51. The van der Waals surface area contributed by atoms with Gasteiger partial charge in [-0.05, 0) is 17.7 Å². The van der Waals surface area contributed by atoms with Crippen molar-refractivity contribution in [3.8, 4) is 0 Å².